The molecule has 1 heteroatoms. The molecular formula is C17H27N. The van der Waals surface area contributed by atoms with Gasteiger partial charge in [-0.2, -0.15) is 0 Å². The number of fused-ring (bicyclic) bond motifs is 2. The van der Waals surface area contributed by atoms with E-state index >= 15 is 0 Å². The maximum atomic E-state index is 2.44. The van der Waals surface area contributed by atoms with Gasteiger partial charge in [-0.05, 0) is 40.8 Å². The summed E-state index contributed by atoms with van der Waals surface area (Å²) in [6.45, 7) is 8.00. The monoisotopic (exact) mass is 245 g/mol. The van der Waals surface area contributed by atoms with Gasteiger partial charge in [0.05, 0.1) is 0 Å². The summed E-state index contributed by atoms with van der Waals surface area (Å²) in [5.41, 5.74) is 1.30. The van der Waals surface area contributed by atoms with Gasteiger partial charge < -0.3 is 4.90 Å². The van der Waals surface area contributed by atoms with Crippen LogP contribution >= 0.6 is 0 Å². The Hall–Kier alpha value is -1.24. The van der Waals surface area contributed by atoms with Crippen molar-refractivity contribution in [1.82, 2.24) is 0 Å². The first-order chi connectivity index (χ1) is 8.74. The first kappa shape index (κ1) is 14.8. The Morgan fingerprint density at radius 1 is 0.889 bits per heavy atom. The van der Waals surface area contributed by atoms with Gasteiger partial charge in [-0.25, -0.2) is 0 Å². The van der Waals surface area contributed by atoms with Gasteiger partial charge in [0, 0.05) is 19.8 Å². The first-order valence-corrected chi connectivity index (χ1v) is 7.25. The van der Waals surface area contributed by atoms with Crippen molar-refractivity contribution in [1.29, 1.82) is 0 Å². The normalized spacial score (nSPS) is 21.4. The van der Waals surface area contributed by atoms with Crippen LogP contribution in [0.4, 0.5) is 5.69 Å². The van der Waals surface area contributed by atoms with Gasteiger partial charge in [0.15, 0.2) is 0 Å². The van der Waals surface area contributed by atoms with Crippen LogP contribution in [0.25, 0.3) is 12.2 Å². The minimum atomic E-state index is 0.847. The number of hydrogen-bond acceptors (Lipinski definition) is 1. The Labute approximate surface area is 112 Å². The number of rotatable bonds is 1. The lowest BCUT2D eigenvalue weighted by Gasteiger charge is -2.12. The average molecular weight is 245 g/mol. The number of benzene rings is 1. The minimum Gasteiger partial charge on any atom is -0.378 e. The molecule has 1 fully saturated rings. The van der Waals surface area contributed by atoms with Crippen molar-refractivity contribution in [2.75, 3.05) is 19.0 Å². The third kappa shape index (κ3) is 3.16. The molecule has 0 aliphatic heterocycles. The molecule has 1 aromatic carbocycles. The highest BCUT2D eigenvalue weighted by atomic mass is 15.1. The van der Waals surface area contributed by atoms with E-state index in [2.05, 4.69) is 49.3 Å². The Bertz CT molecular complexity index is 485. The van der Waals surface area contributed by atoms with E-state index < -0.39 is 0 Å². The lowest BCUT2D eigenvalue weighted by atomic mass is 10.1. The van der Waals surface area contributed by atoms with Gasteiger partial charge in [0.2, 0.25) is 0 Å². The molecule has 2 atom stereocenters. The van der Waals surface area contributed by atoms with E-state index in [0.29, 0.717) is 0 Å². The fourth-order valence-electron chi connectivity index (χ4n) is 2.22. The SMILES string of the molecule is CC.CC.CN(C)c1ccc2c(c1)=CC1CC1C=2. The van der Waals surface area contributed by atoms with E-state index in [0.717, 1.165) is 11.8 Å². The van der Waals surface area contributed by atoms with Crippen LogP contribution < -0.4 is 15.3 Å². The lowest BCUT2D eigenvalue weighted by molar-refractivity contribution is 1.06. The summed E-state index contributed by atoms with van der Waals surface area (Å²) in [5.74, 6) is 1.70. The molecule has 2 unspecified atom stereocenters. The molecule has 18 heavy (non-hydrogen) atoms. The zero-order valence-corrected chi connectivity index (χ0v) is 12.7. The van der Waals surface area contributed by atoms with Crippen LogP contribution in [-0.4, -0.2) is 14.1 Å². The van der Waals surface area contributed by atoms with Crippen molar-refractivity contribution in [3.8, 4) is 0 Å². The van der Waals surface area contributed by atoms with Crippen LogP contribution in [0.15, 0.2) is 18.2 Å². The van der Waals surface area contributed by atoms with E-state index in [9.17, 15) is 0 Å². The highest BCUT2D eigenvalue weighted by Crippen LogP contribution is 2.41. The summed E-state index contributed by atoms with van der Waals surface area (Å²) < 4.78 is 0. The lowest BCUT2D eigenvalue weighted by Crippen LogP contribution is -2.28. The quantitative estimate of drug-likeness (QED) is 0.735. The van der Waals surface area contributed by atoms with E-state index in [1.807, 2.05) is 27.7 Å². The van der Waals surface area contributed by atoms with Gasteiger partial charge in [-0.1, -0.05) is 45.9 Å². The smallest absolute Gasteiger partial charge is 0.0367 e. The van der Waals surface area contributed by atoms with Gasteiger partial charge in [-0.15, -0.1) is 0 Å². The Morgan fingerprint density at radius 3 is 2.00 bits per heavy atom. The molecule has 1 aromatic rings. The van der Waals surface area contributed by atoms with Crippen LogP contribution in [0.5, 0.6) is 0 Å². The second-order valence-corrected chi connectivity index (χ2v) is 4.60. The Balaban J connectivity index is 0.000000371. The summed E-state index contributed by atoms with van der Waals surface area (Å²) >= 11 is 0. The Kier molecular flexibility index (Phi) is 5.46. The Morgan fingerprint density at radius 2 is 1.44 bits per heavy atom. The first-order valence-electron chi connectivity index (χ1n) is 7.25. The molecule has 3 rings (SSSR count). The third-order valence-electron chi connectivity index (χ3n) is 3.27. The second-order valence-electron chi connectivity index (χ2n) is 4.60. The van der Waals surface area contributed by atoms with Crippen molar-refractivity contribution >= 4 is 17.8 Å². The summed E-state index contributed by atoms with van der Waals surface area (Å²) in [4.78, 5) is 2.16. The van der Waals surface area contributed by atoms with E-state index in [1.54, 1.807) is 0 Å². The molecule has 0 bridgehead atoms. The molecule has 2 aliphatic carbocycles. The molecule has 100 valence electrons. The maximum Gasteiger partial charge on any atom is 0.0367 e. The van der Waals surface area contributed by atoms with Gasteiger partial charge in [0.1, 0.15) is 0 Å². The predicted octanol–water partition coefficient (Wildman–Crippen LogP) is 3.02. The van der Waals surface area contributed by atoms with Gasteiger partial charge >= 0.3 is 0 Å². The molecule has 1 nitrogen and oxygen atoms in total. The summed E-state index contributed by atoms with van der Waals surface area (Å²) in [6, 6.07) is 6.74. The highest BCUT2D eigenvalue weighted by Gasteiger charge is 2.34. The minimum absolute atomic E-state index is 0.847. The van der Waals surface area contributed by atoms with Gasteiger partial charge in [-0.3, -0.25) is 0 Å². The van der Waals surface area contributed by atoms with Crippen LogP contribution in [0.2, 0.25) is 0 Å². The highest BCUT2D eigenvalue weighted by molar-refractivity contribution is 5.54. The summed E-state index contributed by atoms with van der Waals surface area (Å²) in [7, 11) is 4.18. The fourth-order valence-corrected chi connectivity index (χ4v) is 2.22. The molecule has 2 aliphatic rings. The standard InChI is InChI=1S/C13H15N.2C2H6/c1-14(2)13-4-3-9-5-10-6-11(10)7-12(9)8-13;2*1-2/h3-5,7-8,10-11H,6H2,1-2H3;2*1-2H3. The van der Waals surface area contributed by atoms with Crippen LogP contribution in [0, 0.1) is 11.8 Å². The van der Waals surface area contributed by atoms with Crippen molar-refractivity contribution in [2.24, 2.45) is 11.8 Å². The number of nitrogens with zero attached hydrogens (tertiary/aromatic N) is 1. The summed E-state index contributed by atoms with van der Waals surface area (Å²) in [6.07, 6.45) is 6.23. The zero-order valence-electron chi connectivity index (χ0n) is 12.7. The molecule has 0 N–H and O–H groups in total. The largest absolute Gasteiger partial charge is 0.378 e. The maximum absolute atomic E-state index is 2.44. The third-order valence-corrected chi connectivity index (χ3v) is 3.27. The van der Waals surface area contributed by atoms with Crippen molar-refractivity contribution in [3.63, 3.8) is 0 Å². The molecule has 0 heterocycles. The molecule has 1 saturated carbocycles. The van der Waals surface area contributed by atoms with Gasteiger partial charge in [0.25, 0.3) is 0 Å². The number of hydrogen-bond donors (Lipinski definition) is 0. The van der Waals surface area contributed by atoms with Crippen molar-refractivity contribution < 1.29 is 0 Å². The number of anilines is 1. The van der Waals surface area contributed by atoms with E-state index in [-0.39, 0.29) is 0 Å². The molecule has 0 amide bonds. The van der Waals surface area contributed by atoms with Crippen LogP contribution in [0.1, 0.15) is 34.1 Å². The zero-order chi connectivity index (χ0) is 13.7. The molecule has 0 spiro atoms. The van der Waals surface area contributed by atoms with Crippen molar-refractivity contribution in [3.05, 3.63) is 28.6 Å². The van der Waals surface area contributed by atoms with Crippen LogP contribution in [-0.2, 0) is 0 Å². The van der Waals surface area contributed by atoms with Crippen LogP contribution in [0.3, 0.4) is 0 Å². The van der Waals surface area contributed by atoms with E-state index in [4.69, 9.17) is 0 Å². The molecule has 0 aromatic heterocycles. The molecule has 0 saturated heterocycles. The molecule has 0 radical (unpaired) electrons. The molecular weight excluding hydrogens is 218 g/mol. The topological polar surface area (TPSA) is 3.24 Å². The van der Waals surface area contributed by atoms with E-state index in [1.165, 1.54) is 22.5 Å². The summed E-state index contributed by atoms with van der Waals surface area (Å²) in [5, 5.41) is 2.85. The predicted molar refractivity (Wildman–Crippen MR) is 83.2 cm³/mol. The fraction of sp³-hybridized carbons (Fsp3) is 0.529. The van der Waals surface area contributed by atoms with Crippen molar-refractivity contribution in [2.45, 2.75) is 34.1 Å². The average Bonchev–Trinajstić information content (AvgIpc) is 3.17. The second kappa shape index (κ2) is 6.63.